The number of halogens is 1. The average Bonchev–Trinajstić information content (AvgIpc) is 2.63. The summed E-state index contributed by atoms with van der Waals surface area (Å²) in [5, 5.41) is 7.51. The summed E-state index contributed by atoms with van der Waals surface area (Å²) in [5.41, 5.74) is 0.874. The van der Waals surface area contributed by atoms with Crippen LogP contribution < -0.4 is 0 Å². The van der Waals surface area contributed by atoms with Crippen LogP contribution in [-0.4, -0.2) is 21.7 Å². The Balaban J connectivity index is 0.000000336. The monoisotopic (exact) mass is 215 g/mol. The molecule has 3 nitrogen and oxygen atoms in total. The van der Waals surface area contributed by atoms with Crippen LogP contribution in [0.2, 0.25) is 0 Å². The van der Waals surface area contributed by atoms with Gasteiger partial charge in [-0.25, -0.2) is 0 Å². The minimum atomic E-state index is -0.293. The molecule has 0 aliphatic carbocycles. The van der Waals surface area contributed by atoms with Gasteiger partial charge in [-0.15, -0.1) is 5.10 Å². The van der Waals surface area contributed by atoms with Crippen LogP contribution in [0.25, 0.3) is 0 Å². The Bertz CT molecular complexity index is 233. The summed E-state index contributed by atoms with van der Waals surface area (Å²) in [4.78, 5) is 0. The highest BCUT2D eigenvalue weighted by Gasteiger charge is 1.93. The first-order chi connectivity index (χ1) is 7.24. The van der Waals surface area contributed by atoms with E-state index in [1.807, 2.05) is 6.92 Å². The molecule has 1 aromatic rings. The van der Waals surface area contributed by atoms with Crippen LogP contribution in [0.5, 0.6) is 0 Å². The third kappa shape index (κ3) is 8.09. The van der Waals surface area contributed by atoms with Gasteiger partial charge in [0.05, 0.1) is 12.4 Å². The molecule has 4 heteroatoms. The predicted octanol–water partition coefficient (Wildman–Crippen LogP) is 3.14. The van der Waals surface area contributed by atoms with Crippen LogP contribution in [-0.2, 0) is 6.54 Å². The molecule has 0 aromatic carbocycles. The van der Waals surface area contributed by atoms with E-state index in [0.717, 1.165) is 5.69 Å². The molecule has 0 amide bonds. The van der Waals surface area contributed by atoms with E-state index in [1.165, 1.54) is 19.3 Å². The number of unbranched alkanes of at least 4 members (excludes halogenated alkanes) is 2. The van der Waals surface area contributed by atoms with E-state index in [-0.39, 0.29) is 6.67 Å². The van der Waals surface area contributed by atoms with Gasteiger partial charge in [0.25, 0.3) is 0 Å². The molecular formula is C11H22FN3. The smallest absolute Gasteiger partial charge is 0.0912 e. The van der Waals surface area contributed by atoms with Gasteiger partial charge in [-0.2, -0.15) is 0 Å². The van der Waals surface area contributed by atoms with Crippen molar-refractivity contribution in [3.63, 3.8) is 0 Å². The molecule has 0 unspecified atom stereocenters. The van der Waals surface area contributed by atoms with E-state index in [1.54, 1.807) is 10.9 Å². The first-order valence-corrected chi connectivity index (χ1v) is 5.67. The second-order valence-corrected chi connectivity index (χ2v) is 3.52. The Labute approximate surface area is 91.7 Å². The van der Waals surface area contributed by atoms with Crippen molar-refractivity contribution >= 4 is 0 Å². The zero-order chi connectivity index (χ0) is 11.5. The predicted molar refractivity (Wildman–Crippen MR) is 60.6 cm³/mol. The minimum absolute atomic E-state index is 0.293. The third-order valence-corrected chi connectivity index (χ3v) is 1.88. The average molecular weight is 215 g/mol. The Morgan fingerprint density at radius 2 is 1.93 bits per heavy atom. The first kappa shape index (κ1) is 14.1. The minimum Gasteiger partial charge on any atom is -0.252 e. The first-order valence-electron chi connectivity index (χ1n) is 5.67. The van der Waals surface area contributed by atoms with Crippen LogP contribution in [0.4, 0.5) is 4.39 Å². The highest BCUT2D eigenvalue weighted by Crippen LogP contribution is 1.91. The van der Waals surface area contributed by atoms with Gasteiger partial charge in [0.15, 0.2) is 0 Å². The van der Waals surface area contributed by atoms with Crippen LogP contribution in [0.1, 0.15) is 45.2 Å². The van der Waals surface area contributed by atoms with Gasteiger partial charge in [-0.05, 0) is 13.3 Å². The Hall–Kier alpha value is -0.930. The SMILES string of the molecule is CCCCC.Cc1cn(CCCF)nn1. The van der Waals surface area contributed by atoms with Crippen molar-refractivity contribution in [1.29, 1.82) is 0 Å². The Morgan fingerprint density at radius 3 is 2.27 bits per heavy atom. The fourth-order valence-corrected chi connectivity index (χ4v) is 1.08. The molecular weight excluding hydrogens is 193 g/mol. The maximum Gasteiger partial charge on any atom is 0.0912 e. The zero-order valence-electron chi connectivity index (χ0n) is 10.0. The largest absolute Gasteiger partial charge is 0.252 e. The molecule has 0 N–H and O–H groups in total. The zero-order valence-corrected chi connectivity index (χ0v) is 10.0. The summed E-state index contributed by atoms with van der Waals surface area (Å²) in [7, 11) is 0. The number of hydrogen-bond donors (Lipinski definition) is 0. The number of hydrogen-bond acceptors (Lipinski definition) is 2. The standard InChI is InChI=1S/C6H10FN3.C5H12/c1-6-5-10(9-8-6)4-2-3-7;1-3-5-4-2/h5H,2-4H2,1H3;3-5H2,1-2H3. The molecule has 0 atom stereocenters. The van der Waals surface area contributed by atoms with Crippen molar-refractivity contribution in [1.82, 2.24) is 15.0 Å². The molecule has 88 valence electrons. The second-order valence-electron chi connectivity index (χ2n) is 3.52. The number of aryl methyl sites for hydroxylation is 2. The molecule has 0 saturated carbocycles. The van der Waals surface area contributed by atoms with Crippen LogP contribution >= 0.6 is 0 Å². The lowest BCUT2D eigenvalue weighted by Gasteiger charge is -1.93. The van der Waals surface area contributed by atoms with Gasteiger partial charge in [0.2, 0.25) is 0 Å². The van der Waals surface area contributed by atoms with Crippen molar-refractivity contribution in [3.8, 4) is 0 Å². The third-order valence-electron chi connectivity index (χ3n) is 1.88. The van der Waals surface area contributed by atoms with Gasteiger partial charge >= 0.3 is 0 Å². The fourth-order valence-electron chi connectivity index (χ4n) is 1.08. The van der Waals surface area contributed by atoms with Crippen molar-refractivity contribution in [2.24, 2.45) is 0 Å². The summed E-state index contributed by atoms with van der Waals surface area (Å²) < 4.78 is 13.3. The van der Waals surface area contributed by atoms with Gasteiger partial charge in [-0.3, -0.25) is 9.07 Å². The summed E-state index contributed by atoms with van der Waals surface area (Å²) in [5.74, 6) is 0. The number of rotatable bonds is 5. The molecule has 0 saturated heterocycles. The molecule has 0 spiro atoms. The molecule has 0 radical (unpaired) electrons. The normalized spacial score (nSPS) is 9.60. The van der Waals surface area contributed by atoms with Crippen LogP contribution in [0, 0.1) is 6.92 Å². The summed E-state index contributed by atoms with van der Waals surface area (Å²) in [6.45, 7) is 6.61. The molecule has 0 bridgehead atoms. The molecule has 15 heavy (non-hydrogen) atoms. The molecule has 0 aliphatic rings. The van der Waals surface area contributed by atoms with Crippen LogP contribution in [0.3, 0.4) is 0 Å². The highest BCUT2D eigenvalue weighted by atomic mass is 19.1. The summed E-state index contributed by atoms with van der Waals surface area (Å²) in [6, 6.07) is 0. The lowest BCUT2D eigenvalue weighted by Crippen LogP contribution is -1.99. The molecule has 0 aliphatic heterocycles. The van der Waals surface area contributed by atoms with Crippen molar-refractivity contribution in [2.75, 3.05) is 6.67 Å². The van der Waals surface area contributed by atoms with Gasteiger partial charge in [-0.1, -0.05) is 38.3 Å². The maximum atomic E-state index is 11.6. The van der Waals surface area contributed by atoms with E-state index in [2.05, 4.69) is 24.2 Å². The number of alkyl halides is 1. The topological polar surface area (TPSA) is 30.7 Å². The van der Waals surface area contributed by atoms with Gasteiger partial charge < -0.3 is 0 Å². The van der Waals surface area contributed by atoms with E-state index >= 15 is 0 Å². The van der Waals surface area contributed by atoms with E-state index in [4.69, 9.17) is 0 Å². The fraction of sp³-hybridized carbons (Fsp3) is 0.818. The summed E-state index contributed by atoms with van der Waals surface area (Å²) in [6.07, 6.45) is 6.39. The Morgan fingerprint density at radius 1 is 1.27 bits per heavy atom. The van der Waals surface area contributed by atoms with Gasteiger partial charge in [0.1, 0.15) is 0 Å². The Kier molecular flexibility index (Phi) is 9.02. The summed E-state index contributed by atoms with van der Waals surface area (Å²) >= 11 is 0. The maximum absolute atomic E-state index is 11.6. The molecule has 1 heterocycles. The second kappa shape index (κ2) is 9.62. The van der Waals surface area contributed by atoms with E-state index < -0.39 is 0 Å². The lowest BCUT2D eigenvalue weighted by atomic mass is 10.3. The van der Waals surface area contributed by atoms with E-state index in [0.29, 0.717) is 13.0 Å². The van der Waals surface area contributed by atoms with Gasteiger partial charge in [0, 0.05) is 12.7 Å². The highest BCUT2D eigenvalue weighted by molar-refractivity contribution is 4.86. The van der Waals surface area contributed by atoms with E-state index in [9.17, 15) is 4.39 Å². The van der Waals surface area contributed by atoms with Crippen molar-refractivity contribution in [3.05, 3.63) is 11.9 Å². The molecule has 0 fully saturated rings. The lowest BCUT2D eigenvalue weighted by molar-refractivity contribution is 0.431. The number of nitrogens with zero attached hydrogens (tertiary/aromatic N) is 3. The van der Waals surface area contributed by atoms with Crippen molar-refractivity contribution in [2.45, 2.75) is 53.0 Å². The van der Waals surface area contributed by atoms with Crippen molar-refractivity contribution < 1.29 is 4.39 Å². The molecule has 1 aromatic heterocycles. The van der Waals surface area contributed by atoms with Crippen LogP contribution in [0.15, 0.2) is 6.20 Å². The quantitative estimate of drug-likeness (QED) is 0.755. The molecule has 1 rings (SSSR count). The number of aromatic nitrogens is 3.